The van der Waals surface area contributed by atoms with Crippen molar-refractivity contribution in [2.75, 3.05) is 6.54 Å². The van der Waals surface area contributed by atoms with Gasteiger partial charge in [0.05, 0.1) is 0 Å². The molecule has 1 aromatic rings. The molecule has 2 amide bonds. The fourth-order valence-corrected chi connectivity index (χ4v) is 3.39. The predicted molar refractivity (Wildman–Crippen MR) is 86.2 cm³/mol. The normalized spacial score (nSPS) is 22.3. The van der Waals surface area contributed by atoms with Crippen LogP contribution in [0, 0.1) is 5.92 Å². The summed E-state index contributed by atoms with van der Waals surface area (Å²) in [5, 5.41) is 0. The summed E-state index contributed by atoms with van der Waals surface area (Å²) >= 11 is 0. The van der Waals surface area contributed by atoms with E-state index in [0.717, 1.165) is 23.3 Å². The van der Waals surface area contributed by atoms with Crippen molar-refractivity contribution in [3.05, 3.63) is 77.2 Å². The highest BCUT2D eigenvalue weighted by Crippen LogP contribution is 2.40. The number of carbonyl (C=O) groups excluding carboxylic acids is 2. The van der Waals surface area contributed by atoms with Gasteiger partial charge in [-0.1, -0.05) is 36.4 Å². The average molecular weight is 304 g/mol. The molecule has 23 heavy (non-hydrogen) atoms. The molecule has 0 radical (unpaired) electrons. The second-order valence-electron chi connectivity index (χ2n) is 5.85. The topological polar surface area (TPSA) is 50.3 Å². The molecule has 4 heteroatoms. The van der Waals surface area contributed by atoms with Crippen LogP contribution in [-0.4, -0.2) is 28.2 Å². The van der Waals surface area contributed by atoms with E-state index in [2.05, 4.69) is 11.1 Å². The molecule has 0 N–H and O–H groups in total. The van der Waals surface area contributed by atoms with Gasteiger partial charge >= 0.3 is 0 Å². The molecule has 1 unspecified atom stereocenters. The minimum atomic E-state index is -0.176. The molecule has 2 heterocycles. The van der Waals surface area contributed by atoms with Gasteiger partial charge in [-0.05, 0) is 24.1 Å². The van der Waals surface area contributed by atoms with Crippen molar-refractivity contribution in [1.82, 2.24) is 9.88 Å². The first-order valence-electron chi connectivity index (χ1n) is 7.80. The number of carbonyl (C=O) groups is 2. The Morgan fingerprint density at radius 3 is 2.83 bits per heavy atom. The summed E-state index contributed by atoms with van der Waals surface area (Å²) in [6.45, 7) is 0.360. The molecule has 3 aliphatic rings. The Morgan fingerprint density at radius 2 is 2.00 bits per heavy atom. The number of pyridine rings is 1. The molecule has 1 fully saturated rings. The predicted octanol–water partition coefficient (Wildman–Crippen LogP) is 2.36. The van der Waals surface area contributed by atoms with E-state index >= 15 is 0 Å². The lowest BCUT2D eigenvalue weighted by molar-refractivity contribution is -0.142. The number of imide groups is 1. The number of likely N-dealkylation sites (tertiary alicyclic amines) is 1. The zero-order chi connectivity index (χ0) is 15.8. The molecule has 0 bridgehead atoms. The molecule has 1 atom stereocenters. The van der Waals surface area contributed by atoms with Crippen LogP contribution in [0.1, 0.15) is 12.1 Å². The molecular weight excluding hydrogens is 288 g/mol. The quantitative estimate of drug-likeness (QED) is 0.806. The van der Waals surface area contributed by atoms with Gasteiger partial charge in [0.25, 0.3) is 11.8 Å². The molecule has 0 aromatic carbocycles. The van der Waals surface area contributed by atoms with Crippen LogP contribution in [0.25, 0.3) is 0 Å². The second-order valence-corrected chi connectivity index (χ2v) is 5.85. The van der Waals surface area contributed by atoms with Crippen LogP contribution >= 0.6 is 0 Å². The molecular formula is C19H16N2O2. The number of aromatic nitrogens is 1. The third-order valence-electron chi connectivity index (χ3n) is 4.51. The SMILES string of the molecule is O=C1C2=CC=CC3=CCC=C(C(=O)N1CCc1ccccn1)C32. The molecule has 114 valence electrons. The Kier molecular flexibility index (Phi) is 3.30. The van der Waals surface area contributed by atoms with Crippen LogP contribution in [0.2, 0.25) is 0 Å². The van der Waals surface area contributed by atoms with Gasteiger partial charge in [0.15, 0.2) is 0 Å². The summed E-state index contributed by atoms with van der Waals surface area (Å²) in [5.74, 6) is -0.501. The van der Waals surface area contributed by atoms with E-state index in [1.54, 1.807) is 6.20 Å². The van der Waals surface area contributed by atoms with Crippen LogP contribution in [0.5, 0.6) is 0 Å². The third-order valence-corrected chi connectivity index (χ3v) is 4.51. The second kappa shape index (κ2) is 5.47. The first-order valence-corrected chi connectivity index (χ1v) is 7.80. The lowest BCUT2D eigenvalue weighted by Gasteiger charge is -2.37. The average Bonchev–Trinajstić information content (AvgIpc) is 2.60. The van der Waals surface area contributed by atoms with Crippen LogP contribution in [0.4, 0.5) is 0 Å². The molecule has 1 aliphatic heterocycles. The van der Waals surface area contributed by atoms with Gasteiger partial charge in [0, 0.05) is 41.9 Å². The highest BCUT2D eigenvalue weighted by Gasteiger charge is 2.42. The van der Waals surface area contributed by atoms with Crippen LogP contribution in [0.15, 0.2) is 71.5 Å². The highest BCUT2D eigenvalue weighted by atomic mass is 16.2. The summed E-state index contributed by atoms with van der Waals surface area (Å²) in [6.07, 6.45) is 12.8. The van der Waals surface area contributed by atoms with Gasteiger partial charge < -0.3 is 0 Å². The molecule has 0 spiro atoms. The Labute approximate surface area is 134 Å². The number of nitrogens with zero attached hydrogens (tertiary/aromatic N) is 2. The summed E-state index contributed by atoms with van der Waals surface area (Å²) in [5.41, 5.74) is 3.38. The maximum Gasteiger partial charge on any atom is 0.257 e. The Morgan fingerprint density at radius 1 is 1.13 bits per heavy atom. The fraction of sp³-hybridized carbons (Fsp3) is 0.211. The Bertz CT molecular complexity index is 800. The minimum Gasteiger partial charge on any atom is -0.275 e. The first-order chi connectivity index (χ1) is 11.3. The van der Waals surface area contributed by atoms with E-state index in [0.29, 0.717) is 18.5 Å². The van der Waals surface area contributed by atoms with Crippen molar-refractivity contribution in [1.29, 1.82) is 0 Å². The maximum absolute atomic E-state index is 12.8. The van der Waals surface area contributed by atoms with Gasteiger partial charge in [-0.3, -0.25) is 19.5 Å². The van der Waals surface area contributed by atoms with E-state index in [9.17, 15) is 9.59 Å². The fourth-order valence-electron chi connectivity index (χ4n) is 3.39. The standard InChI is InChI=1S/C19H16N2O2/c22-18-15-8-3-5-13-6-4-9-16(17(13)15)19(23)21(18)12-10-14-7-1-2-11-20-14/h1-3,5-9,11,17H,4,10,12H2. The van der Waals surface area contributed by atoms with Crippen LogP contribution in [0.3, 0.4) is 0 Å². The van der Waals surface area contributed by atoms with E-state index in [1.807, 2.05) is 42.5 Å². The number of allylic oxidation sites excluding steroid dienone is 6. The smallest absolute Gasteiger partial charge is 0.257 e. The summed E-state index contributed by atoms with van der Waals surface area (Å²) in [7, 11) is 0. The van der Waals surface area contributed by atoms with Gasteiger partial charge in [-0.25, -0.2) is 0 Å². The summed E-state index contributed by atoms with van der Waals surface area (Å²) < 4.78 is 0. The highest BCUT2D eigenvalue weighted by molar-refractivity contribution is 6.16. The van der Waals surface area contributed by atoms with Crippen molar-refractivity contribution < 1.29 is 9.59 Å². The lowest BCUT2D eigenvalue weighted by Crippen LogP contribution is -2.48. The maximum atomic E-state index is 12.8. The molecule has 1 aromatic heterocycles. The van der Waals surface area contributed by atoms with Crippen molar-refractivity contribution in [2.45, 2.75) is 12.8 Å². The third kappa shape index (κ3) is 2.27. The number of piperidine rings is 1. The van der Waals surface area contributed by atoms with E-state index < -0.39 is 0 Å². The van der Waals surface area contributed by atoms with Crippen molar-refractivity contribution >= 4 is 11.8 Å². The first kappa shape index (κ1) is 13.9. The number of amides is 2. The number of hydrogen-bond donors (Lipinski definition) is 0. The largest absolute Gasteiger partial charge is 0.275 e. The molecule has 2 aliphatic carbocycles. The van der Waals surface area contributed by atoms with Crippen molar-refractivity contribution in [2.24, 2.45) is 5.92 Å². The minimum absolute atomic E-state index is 0.158. The summed E-state index contributed by atoms with van der Waals surface area (Å²) in [6, 6.07) is 5.67. The molecule has 4 rings (SSSR count). The van der Waals surface area contributed by atoms with Crippen molar-refractivity contribution in [3.63, 3.8) is 0 Å². The van der Waals surface area contributed by atoms with Gasteiger partial charge in [0.1, 0.15) is 0 Å². The monoisotopic (exact) mass is 304 g/mol. The lowest BCUT2D eigenvalue weighted by atomic mass is 9.74. The van der Waals surface area contributed by atoms with Crippen LogP contribution < -0.4 is 0 Å². The van der Waals surface area contributed by atoms with Crippen molar-refractivity contribution in [3.8, 4) is 0 Å². The zero-order valence-electron chi connectivity index (χ0n) is 12.6. The molecule has 1 saturated heterocycles. The number of rotatable bonds is 3. The van der Waals surface area contributed by atoms with Gasteiger partial charge in [0.2, 0.25) is 0 Å². The van der Waals surface area contributed by atoms with E-state index in [-0.39, 0.29) is 17.7 Å². The number of hydrogen-bond acceptors (Lipinski definition) is 3. The van der Waals surface area contributed by atoms with Gasteiger partial charge in [-0.2, -0.15) is 0 Å². The summed E-state index contributed by atoms with van der Waals surface area (Å²) in [4.78, 5) is 31.1. The molecule has 4 nitrogen and oxygen atoms in total. The van der Waals surface area contributed by atoms with E-state index in [1.165, 1.54) is 4.90 Å². The zero-order valence-corrected chi connectivity index (χ0v) is 12.6. The molecule has 0 saturated carbocycles. The van der Waals surface area contributed by atoms with E-state index in [4.69, 9.17) is 0 Å². The van der Waals surface area contributed by atoms with Crippen LogP contribution in [-0.2, 0) is 16.0 Å². The van der Waals surface area contributed by atoms with Gasteiger partial charge in [-0.15, -0.1) is 0 Å². The Hall–Kier alpha value is -2.75. The Balaban J connectivity index is 1.62.